The Labute approximate surface area is 132 Å². The quantitative estimate of drug-likeness (QED) is 0.456. The van der Waals surface area contributed by atoms with Gasteiger partial charge in [0.1, 0.15) is 24.4 Å². The minimum absolute atomic E-state index is 0.184. The summed E-state index contributed by atoms with van der Waals surface area (Å²) in [6.07, 6.45) is 9.24. The van der Waals surface area contributed by atoms with Crippen LogP contribution in [-0.2, 0) is 15.0 Å². The lowest BCUT2D eigenvalue weighted by Crippen LogP contribution is -2.32. The second-order valence-electron chi connectivity index (χ2n) is 5.20. The van der Waals surface area contributed by atoms with Gasteiger partial charge in [-0.1, -0.05) is 0 Å². The molecule has 2 unspecified atom stereocenters. The lowest BCUT2D eigenvalue weighted by Gasteiger charge is -2.26. The van der Waals surface area contributed by atoms with Gasteiger partial charge in [-0.25, -0.2) is 9.97 Å². The molecule has 0 aromatic carbocycles. The first-order chi connectivity index (χ1) is 10.8. The number of ether oxygens (including phenoxy) is 1. The zero-order valence-corrected chi connectivity index (χ0v) is 12.9. The molecule has 0 aliphatic carbocycles. The van der Waals surface area contributed by atoms with E-state index < -0.39 is 20.0 Å². The van der Waals surface area contributed by atoms with Gasteiger partial charge in [-0.15, -0.1) is 6.42 Å². The predicted molar refractivity (Wildman–Crippen MR) is 82.4 cm³/mol. The van der Waals surface area contributed by atoms with Gasteiger partial charge in [-0.3, -0.25) is 4.57 Å². The monoisotopic (exact) mass is 339 g/mol. The Balaban J connectivity index is 1.88. The Kier molecular flexibility index (Phi) is 3.98. The molecular weight excluding hydrogens is 323 g/mol. The van der Waals surface area contributed by atoms with E-state index in [4.69, 9.17) is 31.6 Å². The highest BCUT2D eigenvalue weighted by molar-refractivity contribution is 7.53. The van der Waals surface area contributed by atoms with E-state index in [1.54, 1.807) is 16.8 Å². The average Bonchev–Trinajstić information content (AvgIpc) is 3.10. The number of hydrogen-bond donors (Lipinski definition) is 4. The third-order valence-corrected chi connectivity index (χ3v) is 4.22. The van der Waals surface area contributed by atoms with E-state index in [0.29, 0.717) is 29.7 Å². The highest BCUT2D eigenvalue weighted by atomic mass is 31.2. The molecule has 1 fully saturated rings. The van der Waals surface area contributed by atoms with Gasteiger partial charge in [0, 0.05) is 12.6 Å². The van der Waals surface area contributed by atoms with Gasteiger partial charge in [-0.05, 0) is 18.4 Å². The van der Waals surface area contributed by atoms with Gasteiger partial charge in [0.05, 0.1) is 11.5 Å². The molecule has 10 heteroatoms. The molecule has 0 amide bonds. The zero-order chi connectivity index (χ0) is 16.7. The molecule has 2 aromatic heterocycles. The minimum Gasteiger partial charge on any atom is -0.383 e. The standard InChI is InChI=1S/C13H16N4O5P/c1-2-13(5-3-9(22-13)7-21-23(18,19)20)17-6-4-10-11(14)15-8-16-12(10)17/h1,4,6,8-9,18-20H,3,5,7H2,(H2,14,15,16)/q+1. The van der Waals surface area contributed by atoms with E-state index in [1.165, 1.54) is 6.33 Å². The summed E-state index contributed by atoms with van der Waals surface area (Å²) < 4.78 is 12.2. The fourth-order valence-electron chi connectivity index (χ4n) is 2.67. The molecule has 1 aliphatic rings. The number of fused-ring (bicyclic) bond motifs is 1. The van der Waals surface area contributed by atoms with Crippen LogP contribution < -0.4 is 5.73 Å². The largest absolute Gasteiger partial charge is 0.567 e. The maximum Gasteiger partial charge on any atom is 0.567 e. The van der Waals surface area contributed by atoms with Crippen LogP contribution in [0.15, 0.2) is 18.6 Å². The molecule has 2 atom stereocenters. The van der Waals surface area contributed by atoms with Crippen LogP contribution in [-0.4, -0.2) is 41.9 Å². The van der Waals surface area contributed by atoms with Crippen LogP contribution in [0.3, 0.4) is 0 Å². The smallest absolute Gasteiger partial charge is 0.383 e. The SMILES string of the molecule is C#CC1(n2ccc3c(N)ncnc32)CCC(CO[P+](O)(O)O)O1. The minimum atomic E-state index is -4.30. The van der Waals surface area contributed by atoms with Gasteiger partial charge in [0.25, 0.3) is 0 Å². The van der Waals surface area contributed by atoms with Crippen LogP contribution in [0.2, 0.25) is 0 Å². The molecule has 1 saturated heterocycles. The normalized spacial score (nSPS) is 24.9. The molecule has 0 radical (unpaired) electrons. The van der Waals surface area contributed by atoms with E-state index in [0.717, 1.165) is 0 Å². The molecule has 1 aliphatic heterocycles. The third kappa shape index (κ3) is 3.01. The third-order valence-electron chi connectivity index (χ3n) is 3.73. The topological polar surface area (TPSA) is 136 Å². The second kappa shape index (κ2) is 5.69. The van der Waals surface area contributed by atoms with Crippen molar-refractivity contribution in [3.8, 4) is 12.3 Å². The Morgan fingerprint density at radius 2 is 2.30 bits per heavy atom. The van der Waals surface area contributed by atoms with Crippen molar-refractivity contribution in [2.45, 2.75) is 24.7 Å². The number of nitrogen functional groups attached to an aromatic ring is 1. The molecule has 0 spiro atoms. The van der Waals surface area contributed by atoms with Crippen LogP contribution in [0.4, 0.5) is 5.82 Å². The summed E-state index contributed by atoms with van der Waals surface area (Å²) in [5.41, 5.74) is 5.28. The van der Waals surface area contributed by atoms with Crippen molar-refractivity contribution in [1.82, 2.24) is 14.5 Å². The van der Waals surface area contributed by atoms with Crippen molar-refractivity contribution in [2.24, 2.45) is 0 Å². The molecule has 0 saturated carbocycles. The van der Waals surface area contributed by atoms with E-state index in [1.807, 2.05) is 0 Å². The van der Waals surface area contributed by atoms with Crippen LogP contribution in [0.1, 0.15) is 12.8 Å². The summed E-state index contributed by atoms with van der Waals surface area (Å²) in [6, 6.07) is 1.75. The number of aromatic nitrogens is 3. The van der Waals surface area contributed by atoms with Gasteiger partial charge in [0.2, 0.25) is 5.72 Å². The van der Waals surface area contributed by atoms with Crippen molar-refractivity contribution in [3.63, 3.8) is 0 Å². The van der Waals surface area contributed by atoms with Crippen LogP contribution in [0.5, 0.6) is 0 Å². The lowest BCUT2D eigenvalue weighted by atomic mass is 10.1. The fraction of sp³-hybridized carbons (Fsp3) is 0.385. The molecule has 122 valence electrons. The van der Waals surface area contributed by atoms with Crippen molar-refractivity contribution in [1.29, 1.82) is 0 Å². The maximum atomic E-state index is 8.89. The van der Waals surface area contributed by atoms with E-state index in [2.05, 4.69) is 20.4 Å². The van der Waals surface area contributed by atoms with Crippen LogP contribution >= 0.6 is 8.17 Å². The maximum absolute atomic E-state index is 8.89. The predicted octanol–water partition coefficient (Wildman–Crippen LogP) is 0.150. The molecule has 3 rings (SSSR count). The fourth-order valence-corrected chi connectivity index (χ4v) is 3.03. The second-order valence-corrected chi connectivity index (χ2v) is 6.48. The van der Waals surface area contributed by atoms with Crippen molar-refractivity contribution in [2.75, 3.05) is 12.3 Å². The molecular formula is C13H16N4O5P+. The Hall–Kier alpha value is -1.79. The van der Waals surface area contributed by atoms with Crippen molar-refractivity contribution in [3.05, 3.63) is 18.6 Å². The van der Waals surface area contributed by atoms with E-state index in [-0.39, 0.29) is 6.61 Å². The average molecular weight is 339 g/mol. The summed E-state index contributed by atoms with van der Waals surface area (Å²) in [7, 11) is -4.30. The highest BCUT2D eigenvalue weighted by Gasteiger charge is 2.44. The molecule has 2 aromatic rings. The molecule has 9 nitrogen and oxygen atoms in total. The first kappa shape index (κ1) is 16.1. The number of hydrogen-bond acceptors (Lipinski definition) is 8. The first-order valence-electron chi connectivity index (χ1n) is 6.80. The summed E-state index contributed by atoms with van der Waals surface area (Å²) in [5.74, 6) is 2.97. The zero-order valence-electron chi connectivity index (χ0n) is 12.0. The number of nitrogens with zero attached hydrogens (tertiary/aromatic N) is 3. The number of rotatable bonds is 4. The summed E-state index contributed by atoms with van der Waals surface area (Å²) in [4.78, 5) is 34.8. The molecule has 23 heavy (non-hydrogen) atoms. The van der Waals surface area contributed by atoms with E-state index >= 15 is 0 Å². The molecule has 3 heterocycles. The van der Waals surface area contributed by atoms with Gasteiger partial charge >= 0.3 is 8.17 Å². The van der Waals surface area contributed by atoms with E-state index in [9.17, 15) is 0 Å². The Bertz CT molecular complexity index is 768. The summed E-state index contributed by atoms with van der Waals surface area (Å²) in [6.45, 7) is -0.184. The van der Waals surface area contributed by atoms with Crippen molar-refractivity contribution >= 4 is 25.0 Å². The summed E-state index contributed by atoms with van der Waals surface area (Å²) >= 11 is 0. The number of anilines is 1. The van der Waals surface area contributed by atoms with Gasteiger partial charge in [0.15, 0.2) is 0 Å². The lowest BCUT2D eigenvalue weighted by molar-refractivity contribution is -0.0685. The number of terminal acetylenes is 1. The Morgan fingerprint density at radius 1 is 1.52 bits per heavy atom. The molecule has 0 bridgehead atoms. The van der Waals surface area contributed by atoms with Crippen molar-refractivity contribution < 1.29 is 23.9 Å². The van der Waals surface area contributed by atoms with Crippen LogP contribution in [0.25, 0.3) is 11.0 Å². The van der Waals surface area contributed by atoms with Crippen LogP contribution in [0, 0.1) is 12.3 Å². The highest BCUT2D eigenvalue weighted by Crippen LogP contribution is 2.47. The number of nitrogens with two attached hydrogens (primary N) is 1. The Morgan fingerprint density at radius 3 is 3.00 bits per heavy atom. The van der Waals surface area contributed by atoms with Gasteiger partial charge in [-0.2, -0.15) is 19.2 Å². The summed E-state index contributed by atoms with van der Waals surface area (Å²) in [5, 5.41) is 0.663. The van der Waals surface area contributed by atoms with Gasteiger partial charge < -0.3 is 10.5 Å². The molecule has 5 N–H and O–H groups in total. The first-order valence-corrected chi connectivity index (χ1v) is 8.36.